The number of rotatable bonds is 1. The Kier molecular flexibility index (Phi) is 3.69. The quantitative estimate of drug-likeness (QED) is 0.679. The molecular formula is C12H22N2O2. The van der Waals surface area contributed by atoms with E-state index in [0.717, 1.165) is 45.4 Å². The van der Waals surface area contributed by atoms with Gasteiger partial charge in [0.05, 0.1) is 6.10 Å². The van der Waals surface area contributed by atoms with Gasteiger partial charge in [-0.1, -0.05) is 6.92 Å². The van der Waals surface area contributed by atoms with Gasteiger partial charge in [0, 0.05) is 33.3 Å². The van der Waals surface area contributed by atoms with Gasteiger partial charge in [-0.15, -0.1) is 0 Å². The summed E-state index contributed by atoms with van der Waals surface area (Å²) in [4.78, 5) is 16.1. The summed E-state index contributed by atoms with van der Waals surface area (Å²) in [6.07, 6.45) is 3.58. The third kappa shape index (κ3) is 2.32. The van der Waals surface area contributed by atoms with Crippen molar-refractivity contribution in [3.05, 3.63) is 0 Å². The topological polar surface area (TPSA) is 32.8 Å². The number of carbonyl (C=O) groups is 1. The fraction of sp³-hybridized carbons (Fsp3) is 0.917. The van der Waals surface area contributed by atoms with Gasteiger partial charge >= 0.3 is 6.03 Å². The van der Waals surface area contributed by atoms with Gasteiger partial charge in [0.15, 0.2) is 0 Å². The van der Waals surface area contributed by atoms with Gasteiger partial charge in [-0.2, -0.15) is 0 Å². The summed E-state index contributed by atoms with van der Waals surface area (Å²) in [7, 11) is 1.74. The highest BCUT2D eigenvalue weighted by molar-refractivity contribution is 5.74. The van der Waals surface area contributed by atoms with E-state index in [9.17, 15) is 4.79 Å². The molecule has 2 amide bonds. The zero-order valence-corrected chi connectivity index (χ0v) is 10.3. The van der Waals surface area contributed by atoms with Crippen molar-refractivity contribution in [3.63, 3.8) is 0 Å². The van der Waals surface area contributed by atoms with Gasteiger partial charge in [-0.05, 0) is 25.2 Å². The van der Waals surface area contributed by atoms with Crippen LogP contribution in [0.25, 0.3) is 0 Å². The summed E-state index contributed by atoms with van der Waals surface area (Å²) < 4.78 is 5.43. The van der Waals surface area contributed by atoms with Crippen molar-refractivity contribution < 1.29 is 9.53 Å². The summed E-state index contributed by atoms with van der Waals surface area (Å²) in [5.41, 5.74) is 0. The van der Waals surface area contributed by atoms with E-state index in [1.54, 1.807) is 7.11 Å². The van der Waals surface area contributed by atoms with E-state index in [1.807, 2.05) is 9.80 Å². The van der Waals surface area contributed by atoms with Crippen LogP contribution >= 0.6 is 0 Å². The van der Waals surface area contributed by atoms with Crippen LogP contribution in [0.15, 0.2) is 0 Å². The molecule has 0 aromatic heterocycles. The van der Waals surface area contributed by atoms with Crippen LogP contribution in [0.2, 0.25) is 0 Å². The summed E-state index contributed by atoms with van der Waals surface area (Å²) in [5.74, 6) is 0.563. The minimum Gasteiger partial charge on any atom is -0.379 e. The second-order valence-electron chi connectivity index (χ2n) is 4.96. The lowest BCUT2D eigenvalue weighted by atomic mass is 9.96. The van der Waals surface area contributed by atoms with Crippen LogP contribution in [0.3, 0.4) is 0 Å². The molecule has 2 aliphatic heterocycles. The molecule has 0 radical (unpaired) electrons. The Morgan fingerprint density at radius 2 is 1.88 bits per heavy atom. The predicted octanol–water partition coefficient (Wildman–Crippen LogP) is 1.56. The molecule has 0 aliphatic carbocycles. The Bertz CT molecular complexity index is 251. The summed E-state index contributed by atoms with van der Waals surface area (Å²) >= 11 is 0. The average molecular weight is 226 g/mol. The first-order chi connectivity index (χ1) is 7.72. The largest absolute Gasteiger partial charge is 0.379 e. The van der Waals surface area contributed by atoms with Gasteiger partial charge < -0.3 is 14.5 Å². The number of hydrogen-bond acceptors (Lipinski definition) is 2. The molecule has 2 fully saturated rings. The van der Waals surface area contributed by atoms with Crippen molar-refractivity contribution in [2.45, 2.75) is 32.3 Å². The molecule has 0 aromatic rings. The Morgan fingerprint density at radius 1 is 1.19 bits per heavy atom. The smallest absolute Gasteiger partial charge is 0.320 e. The van der Waals surface area contributed by atoms with Crippen molar-refractivity contribution in [3.8, 4) is 0 Å². The summed E-state index contributed by atoms with van der Waals surface area (Å²) in [6, 6.07) is 0.214. The van der Waals surface area contributed by atoms with E-state index in [-0.39, 0.29) is 12.1 Å². The third-order valence-corrected chi connectivity index (χ3v) is 3.84. The number of hydrogen-bond donors (Lipinski definition) is 0. The van der Waals surface area contributed by atoms with E-state index >= 15 is 0 Å². The number of piperidine rings is 1. The highest BCUT2D eigenvalue weighted by atomic mass is 16.5. The van der Waals surface area contributed by atoms with Crippen LogP contribution in [-0.4, -0.2) is 55.2 Å². The number of urea groups is 1. The molecule has 2 unspecified atom stereocenters. The maximum atomic E-state index is 12.2. The number of amides is 2. The fourth-order valence-corrected chi connectivity index (χ4v) is 2.62. The third-order valence-electron chi connectivity index (χ3n) is 3.84. The lowest BCUT2D eigenvalue weighted by Crippen LogP contribution is -2.50. The van der Waals surface area contributed by atoms with Crippen molar-refractivity contribution >= 4 is 6.03 Å². The van der Waals surface area contributed by atoms with Crippen molar-refractivity contribution in [2.75, 3.05) is 33.3 Å². The molecule has 2 saturated heterocycles. The van der Waals surface area contributed by atoms with E-state index in [2.05, 4.69) is 6.92 Å². The molecule has 0 saturated carbocycles. The molecular weight excluding hydrogens is 204 g/mol. The average Bonchev–Trinajstić information content (AvgIpc) is 2.82. The predicted molar refractivity (Wildman–Crippen MR) is 62.4 cm³/mol. The molecule has 4 heteroatoms. The molecule has 0 bridgehead atoms. The number of methoxy groups -OCH3 is 1. The summed E-state index contributed by atoms with van der Waals surface area (Å²) in [6.45, 7) is 5.71. The van der Waals surface area contributed by atoms with Crippen LogP contribution in [0, 0.1) is 5.92 Å². The highest BCUT2D eigenvalue weighted by Gasteiger charge is 2.31. The molecule has 2 atom stereocenters. The van der Waals surface area contributed by atoms with Gasteiger partial charge in [0.2, 0.25) is 0 Å². The van der Waals surface area contributed by atoms with Crippen molar-refractivity contribution in [1.82, 2.24) is 9.80 Å². The Morgan fingerprint density at radius 3 is 2.50 bits per heavy atom. The molecule has 92 valence electrons. The Hall–Kier alpha value is -0.770. The van der Waals surface area contributed by atoms with Gasteiger partial charge in [0.1, 0.15) is 0 Å². The van der Waals surface area contributed by atoms with Gasteiger partial charge in [-0.25, -0.2) is 4.79 Å². The number of ether oxygens (including phenoxy) is 1. The number of likely N-dealkylation sites (tertiary alicyclic amines) is 2. The van der Waals surface area contributed by atoms with Gasteiger partial charge in [-0.3, -0.25) is 0 Å². The molecule has 2 heterocycles. The number of nitrogens with zero attached hydrogens (tertiary/aromatic N) is 2. The zero-order valence-electron chi connectivity index (χ0n) is 10.3. The molecule has 0 aromatic carbocycles. The van der Waals surface area contributed by atoms with Gasteiger partial charge in [0.25, 0.3) is 0 Å². The van der Waals surface area contributed by atoms with Crippen LogP contribution < -0.4 is 0 Å². The lowest BCUT2D eigenvalue weighted by Gasteiger charge is -2.37. The second kappa shape index (κ2) is 5.04. The standard InChI is InChI=1S/C12H22N2O2/c1-10-5-8-14(9-11(10)16-2)12(15)13-6-3-4-7-13/h10-11H,3-9H2,1-2H3. The second-order valence-corrected chi connectivity index (χ2v) is 4.96. The maximum Gasteiger partial charge on any atom is 0.320 e. The fourth-order valence-electron chi connectivity index (χ4n) is 2.62. The molecule has 2 aliphatic rings. The Balaban J connectivity index is 1.91. The molecule has 16 heavy (non-hydrogen) atoms. The van der Waals surface area contributed by atoms with Crippen molar-refractivity contribution in [1.29, 1.82) is 0 Å². The zero-order chi connectivity index (χ0) is 11.5. The monoisotopic (exact) mass is 226 g/mol. The first-order valence-electron chi connectivity index (χ1n) is 6.29. The minimum absolute atomic E-state index is 0.209. The van der Waals surface area contributed by atoms with Crippen LogP contribution in [0.5, 0.6) is 0 Å². The maximum absolute atomic E-state index is 12.2. The van der Waals surface area contributed by atoms with E-state index in [0.29, 0.717) is 5.92 Å². The highest BCUT2D eigenvalue weighted by Crippen LogP contribution is 2.21. The molecule has 0 spiro atoms. The van der Waals surface area contributed by atoms with Crippen LogP contribution in [0.4, 0.5) is 4.79 Å². The molecule has 4 nitrogen and oxygen atoms in total. The Labute approximate surface area is 97.5 Å². The first kappa shape index (κ1) is 11.7. The molecule has 0 N–H and O–H groups in total. The van der Waals surface area contributed by atoms with E-state index < -0.39 is 0 Å². The first-order valence-corrected chi connectivity index (χ1v) is 6.29. The van der Waals surface area contributed by atoms with Crippen LogP contribution in [-0.2, 0) is 4.74 Å². The van der Waals surface area contributed by atoms with Crippen LogP contribution in [0.1, 0.15) is 26.2 Å². The van der Waals surface area contributed by atoms with E-state index in [4.69, 9.17) is 4.74 Å². The minimum atomic E-state index is 0.209. The normalized spacial score (nSPS) is 30.9. The number of carbonyl (C=O) groups excluding carboxylic acids is 1. The van der Waals surface area contributed by atoms with Crippen molar-refractivity contribution in [2.24, 2.45) is 5.92 Å². The molecule has 2 rings (SSSR count). The SMILES string of the molecule is COC1CN(C(=O)N2CCCC2)CCC1C. The lowest BCUT2D eigenvalue weighted by molar-refractivity contribution is 0.00301. The van der Waals surface area contributed by atoms with E-state index in [1.165, 1.54) is 0 Å². The summed E-state index contributed by atoms with van der Waals surface area (Å²) in [5, 5.41) is 0.